The molecule has 1 aromatic heterocycles. The summed E-state index contributed by atoms with van der Waals surface area (Å²) >= 11 is 2.92. The second-order valence-corrected chi connectivity index (χ2v) is 10.4. The smallest absolute Gasteiger partial charge is 0.239 e. The van der Waals surface area contributed by atoms with E-state index >= 15 is 0 Å². The molecule has 0 spiro atoms. The van der Waals surface area contributed by atoms with Gasteiger partial charge >= 0.3 is 0 Å². The molecule has 5 nitrogen and oxygen atoms in total. The molecular weight excluding hydrogens is 474 g/mol. The number of carbonyl (C=O) groups excluding carboxylic acids is 2. The minimum Gasteiger partial charge on any atom is -0.326 e. The summed E-state index contributed by atoms with van der Waals surface area (Å²) in [6.45, 7) is 4.06. The lowest BCUT2D eigenvalue weighted by molar-refractivity contribution is -0.116. The molecule has 0 radical (unpaired) electrons. The molecule has 0 bridgehead atoms. The molecule has 2 N–H and O–H groups in total. The first-order valence-electron chi connectivity index (χ1n) is 11.9. The lowest BCUT2D eigenvalue weighted by Crippen LogP contribution is -2.24. The van der Waals surface area contributed by atoms with Crippen molar-refractivity contribution in [3.05, 3.63) is 72.1 Å². The third kappa shape index (κ3) is 6.71. The van der Waals surface area contributed by atoms with E-state index in [1.165, 1.54) is 28.5 Å². The SMILES string of the molecule is CCCCC(=O)Nc1cccc(SC(CC)C(=O)Nc2nc(-c3ccc4ccccc4c3)cs2)c1. The molecule has 0 aliphatic carbocycles. The molecule has 4 aromatic rings. The van der Waals surface area contributed by atoms with Crippen LogP contribution in [0.25, 0.3) is 22.0 Å². The van der Waals surface area contributed by atoms with Gasteiger partial charge in [-0.3, -0.25) is 9.59 Å². The number of carbonyl (C=O) groups is 2. The van der Waals surface area contributed by atoms with E-state index in [0.717, 1.165) is 40.1 Å². The lowest BCUT2D eigenvalue weighted by Gasteiger charge is -2.14. The number of hydrogen-bond acceptors (Lipinski definition) is 5. The molecule has 180 valence electrons. The van der Waals surface area contributed by atoms with Gasteiger partial charge in [0.1, 0.15) is 0 Å². The summed E-state index contributed by atoms with van der Waals surface area (Å²) in [5.41, 5.74) is 2.63. The second kappa shape index (κ2) is 12.0. The Kier molecular flexibility index (Phi) is 8.55. The summed E-state index contributed by atoms with van der Waals surface area (Å²) in [6.07, 6.45) is 3.05. The van der Waals surface area contributed by atoms with Crippen LogP contribution in [0.4, 0.5) is 10.8 Å². The highest BCUT2D eigenvalue weighted by Gasteiger charge is 2.20. The van der Waals surface area contributed by atoms with E-state index in [0.29, 0.717) is 18.0 Å². The Labute approximate surface area is 214 Å². The highest BCUT2D eigenvalue weighted by atomic mass is 32.2. The van der Waals surface area contributed by atoms with Crippen molar-refractivity contribution in [3.8, 4) is 11.3 Å². The molecule has 35 heavy (non-hydrogen) atoms. The van der Waals surface area contributed by atoms with Crippen LogP contribution in [-0.2, 0) is 9.59 Å². The molecular formula is C28H29N3O2S2. The summed E-state index contributed by atoms with van der Waals surface area (Å²) in [7, 11) is 0. The van der Waals surface area contributed by atoms with Gasteiger partial charge in [-0.15, -0.1) is 23.1 Å². The Morgan fingerprint density at radius 1 is 0.971 bits per heavy atom. The number of anilines is 2. The Morgan fingerprint density at radius 3 is 2.60 bits per heavy atom. The zero-order chi connectivity index (χ0) is 24.6. The molecule has 1 heterocycles. The second-order valence-electron chi connectivity index (χ2n) is 8.28. The van der Waals surface area contributed by atoms with Crippen molar-refractivity contribution in [1.29, 1.82) is 0 Å². The Hall–Kier alpha value is -3.16. The van der Waals surface area contributed by atoms with Crippen molar-refractivity contribution in [3.63, 3.8) is 0 Å². The van der Waals surface area contributed by atoms with Crippen LogP contribution in [0, 0.1) is 0 Å². The number of nitrogens with zero attached hydrogens (tertiary/aromatic N) is 1. The van der Waals surface area contributed by atoms with Crippen molar-refractivity contribution >= 4 is 56.5 Å². The van der Waals surface area contributed by atoms with Gasteiger partial charge in [0.25, 0.3) is 0 Å². The van der Waals surface area contributed by atoms with Crippen LogP contribution in [-0.4, -0.2) is 22.0 Å². The number of thioether (sulfide) groups is 1. The monoisotopic (exact) mass is 503 g/mol. The maximum Gasteiger partial charge on any atom is 0.239 e. The third-order valence-electron chi connectivity index (χ3n) is 5.60. The van der Waals surface area contributed by atoms with Crippen molar-refractivity contribution < 1.29 is 9.59 Å². The van der Waals surface area contributed by atoms with E-state index in [1.54, 1.807) is 0 Å². The minimum atomic E-state index is -0.269. The van der Waals surface area contributed by atoms with Gasteiger partial charge in [-0.25, -0.2) is 4.98 Å². The average Bonchev–Trinajstić information content (AvgIpc) is 3.34. The van der Waals surface area contributed by atoms with Crippen LogP contribution >= 0.6 is 23.1 Å². The Balaban J connectivity index is 1.39. The summed E-state index contributed by atoms with van der Waals surface area (Å²) in [6, 6.07) is 22.2. The predicted octanol–water partition coefficient (Wildman–Crippen LogP) is 7.60. The van der Waals surface area contributed by atoms with Crippen LogP contribution in [0.15, 0.2) is 77.0 Å². The molecule has 0 fully saturated rings. The number of amides is 2. The van der Waals surface area contributed by atoms with Gasteiger partial charge in [0.2, 0.25) is 11.8 Å². The van der Waals surface area contributed by atoms with Crippen molar-refractivity contribution in [2.45, 2.75) is 49.7 Å². The lowest BCUT2D eigenvalue weighted by atomic mass is 10.1. The largest absolute Gasteiger partial charge is 0.326 e. The van der Waals surface area contributed by atoms with Crippen LogP contribution < -0.4 is 10.6 Å². The summed E-state index contributed by atoms with van der Waals surface area (Å²) in [4.78, 5) is 30.7. The number of benzene rings is 3. The predicted molar refractivity (Wildman–Crippen MR) is 148 cm³/mol. The fourth-order valence-electron chi connectivity index (χ4n) is 3.69. The zero-order valence-corrected chi connectivity index (χ0v) is 21.5. The summed E-state index contributed by atoms with van der Waals surface area (Å²) in [5, 5.41) is 10.6. The number of thiazole rings is 1. The van der Waals surface area contributed by atoms with Gasteiger partial charge in [-0.1, -0.05) is 62.7 Å². The molecule has 1 atom stereocenters. The summed E-state index contributed by atoms with van der Waals surface area (Å²) < 4.78 is 0. The zero-order valence-electron chi connectivity index (χ0n) is 19.9. The number of fused-ring (bicyclic) bond motifs is 1. The van der Waals surface area contributed by atoms with E-state index in [1.807, 2.05) is 48.7 Å². The average molecular weight is 504 g/mol. The van der Waals surface area contributed by atoms with E-state index in [-0.39, 0.29) is 17.1 Å². The summed E-state index contributed by atoms with van der Waals surface area (Å²) in [5.74, 6) is -0.0564. The topological polar surface area (TPSA) is 71.1 Å². The molecule has 0 aliphatic heterocycles. The van der Waals surface area contributed by atoms with Crippen molar-refractivity contribution in [2.24, 2.45) is 0 Å². The van der Waals surface area contributed by atoms with Crippen molar-refractivity contribution in [2.75, 3.05) is 10.6 Å². The fourth-order valence-corrected chi connectivity index (χ4v) is 5.43. The van der Waals surface area contributed by atoms with E-state index in [4.69, 9.17) is 0 Å². The first-order valence-corrected chi connectivity index (χ1v) is 13.6. The van der Waals surface area contributed by atoms with Gasteiger partial charge in [0.15, 0.2) is 5.13 Å². The Morgan fingerprint density at radius 2 is 1.80 bits per heavy atom. The van der Waals surface area contributed by atoms with Gasteiger partial charge in [-0.2, -0.15) is 0 Å². The van der Waals surface area contributed by atoms with Gasteiger partial charge < -0.3 is 10.6 Å². The van der Waals surface area contributed by atoms with Gasteiger partial charge in [0.05, 0.1) is 10.9 Å². The number of aromatic nitrogens is 1. The number of unbranched alkanes of at least 4 members (excludes halogenated alkanes) is 1. The first-order chi connectivity index (χ1) is 17.1. The molecule has 3 aromatic carbocycles. The van der Waals surface area contributed by atoms with Crippen LogP contribution in [0.3, 0.4) is 0 Å². The number of hydrogen-bond donors (Lipinski definition) is 2. The van der Waals surface area contributed by atoms with E-state index in [2.05, 4.69) is 52.9 Å². The third-order valence-corrected chi connectivity index (χ3v) is 7.71. The molecule has 0 saturated heterocycles. The van der Waals surface area contributed by atoms with Gasteiger partial charge in [0, 0.05) is 27.9 Å². The molecule has 4 rings (SSSR count). The molecule has 0 aliphatic rings. The van der Waals surface area contributed by atoms with Crippen molar-refractivity contribution in [1.82, 2.24) is 4.98 Å². The van der Waals surface area contributed by atoms with Crippen LogP contribution in [0.1, 0.15) is 39.5 Å². The minimum absolute atomic E-state index is 0.0183. The highest BCUT2D eigenvalue weighted by molar-refractivity contribution is 8.00. The standard InChI is InChI=1S/C28H29N3O2S2/c1-3-5-13-26(32)29-22-11-8-12-23(17-22)35-25(4-2)27(33)31-28-30-24(18-34-28)21-15-14-19-9-6-7-10-20(19)16-21/h6-12,14-18,25H,3-5,13H2,1-2H3,(H,29,32)(H,30,31,33). The van der Waals surface area contributed by atoms with Crippen LogP contribution in [0.2, 0.25) is 0 Å². The van der Waals surface area contributed by atoms with E-state index in [9.17, 15) is 9.59 Å². The van der Waals surface area contributed by atoms with Gasteiger partial charge in [-0.05, 0) is 47.9 Å². The van der Waals surface area contributed by atoms with E-state index < -0.39 is 0 Å². The van der Waals surface area contributed by atoms with Crippen LogP contribution in [0.5, 0.6) is 0 Å². The molecule has 0 saturated carbocycles. The molecule has 1 unspecified atom stereocenters. The normalized spacial score (nSPS) is 11.8. The maximum atomic E-state index is 13.0. The highest BCUT2D eigenvalue weighted by Crippen LogP contribution is 2.31. The number of nitrogens with one attached hydrogen (secondary N) is 2. The first kappa shape index (κ1) is 24.9. The fraction of sp³-hybridized carbons (Fsp3) is 0.250. The quantitative estimate of drug-likeness (QED) is 0.219. The number of rotatable bonds is 10. The Bertz CT molecular complexity index is 1320. The molecule has 2 amide bonds. The molecule has 7 heteroatoms. The maximum absolute atomic E-state index is 13.0.